The highest BCUT2D eigenvalue weighted by Gasteiger charge is 2.10. The zero-order valence-corrected chi connectivity index (χ0v) is 13.4. The van der Waals surface area contributed by atoms with Gasteiger partial charge in [0, 0.05) is 12.1 Å². The Labute approximate surface area is 128 Å². The molecule has 0 aromatic heterocycles. The topological polar surface area (TPSA) is 64.3 Å². The van der Waals surface area contributed by atoms with E-state index in [1.54, 1.807) is 18.2 Å². The maximum Gasteiger partial charge on any atom is 0.251 e. The predicted molar refractivity (Wildman–Crippen MR) is 87.7 cm³/mol. The minimum atomic E-state index is -0.108. The summed E-state index contributed by atoms with van der Waals surface area (Å²) in [6.45, 7) is 6.75. The minimum Gasteiger partial charge on any atom is -0.489 e. The summed E-state index contributed by atoms with van der Waals surface area (Å²) in [5.41, 5.74) is 7.06. The number of anilines is 1. The first-order valence-electron chi connectivity index (χ1n) is 7.92. The van der Waals surface area contributed by atoms with Crippen LogP contribution in [0.25, 0.3) is 0 Å². The fourth-order valence-electron chi connectivity index (χ4n) is 2.19. The van der Waals surface area contributed by atoms with Crippen molar-refractivity contribution in [2.75, 3.05) is 12.3 Å². The molecule has 3 N–H and O–H groups in total. The van der Waals surface area contributed by atoms with Crippen molar-refractivity contribution >= 4 is 11.6 Å². The molecule has 0 spiro atoms. The largest absolute Gasteiger partial charge is 0.489 e. The zero-order valence-electron chi connectivity index (χ0n) is 13.4. The van der Waals surface area contributed by atoms with Crippen LogP contribution in [-0.2, 0) is 0 Å². The van der Waals surface area contributed by atoms with E-state index in [0.29, 0.717) is 23.5 Å². The summed E-state index contributed by atoms with van der Waals surface area (Å²) >= 11 is 0. The molecule has 118 valence electrons. The lowest BCUT2D eigenvalue weighted by atomic mass is 10.1. The van der Waals surface area contributed by atoms with E-state index in [1.165, 1.54) is 25.7 Å². The fourth-order valence-corrected chi connectivity index (χ4v) is 2.19. The smallest absolute Gasteiger partial charge is 0.251 e. The summed E-state index contributed by atoms with van der Waals surface area (Å²) in [6.07, 6.45) is 6.10. The van der Waals surface area contributed by atoms with Crippen molar-refractivity contribution in [1.82, 2.24) is 5.32 Å². The van der Waals surface area contributed by atoms with Gasteiger partial charge in [0.25, 0.3) is 5.91 Å². The Morgan fingerprint density at radius 3 is 2.67 bits per heavy atom. The Morgan fingerprint density at radius 2 is 2.05 bits per heavy atom. The zero-order chi connectivity index (χ0) is 15.7. The number of carbonyl (C=O) groups excluding carboxylic acids is 1. The molecule has 0 aliphatic rings. The highest BCUT2D eigenvalue weighted by molar-refractivity contribution is 5.95. The maximum atomic E-state index is 11.7. The number of amides is 1. The number of nitrogen functional groups attached to an aromatic ring is 1. The molecule has 1 rings (SSSR count). The molecule has 4 nitrogen and oxygen atoms in total. The maximum absolute atomic E-state index is 11.7. The highest BCUT2D eigenvalue weighted by Crippen LogP contribution is 2.24. The van der Waals surface area contributed by atoms with E-state index in [1.807, 2.05) is 6.92 Å². The quantitative estimate of drug-likeness (QED) is 0.538. The molecule has 1 unspecified atom stereocenters. The van der Waals surface area contributed by atoms with Gasteiger partial charge in [-0.15, -0.1) is 0 Å². The number of unbranched alkanes of at least 4 members (excludes halogenated alkanes) is 3. The second-order valence-electron chi connectivity index (χ2n) is 5.39. The fraction of sp³-hybridized carbons (Fsp3) is 0.588. The van der Waals surface area contributed by atoms with Gasteiger partial charge in [-0.25, -0.2) is 0 Å². The Morgan fingerprint density at radius 1 is 1.29 bits per heavy atom. The van der Waals surface area contributed by atoms with Crippen LogP contribution in [0.4, 0.5) is 5.69 Å². The van der Waals surface area contributed by atoms with Crippen molar-refractivity contribution in [3.63, 3.8) is 0 Å². The first-order chi connectivity index (χ1) is 10.1. The number of nitrogens with one attached hydrogen (secondary N) is 1. The van der Waals surface area contributed by atoms with Crippen molar-refractivity contribution < 1.29 is 9.53 Å². The summed E-state index contributed by atoms with van der Waals surface area (Å²) < 4.78 is 5.86. The second-order valence-corrected chi connectivity index (χ2v) is 5.39. The Hall–Kier alpha value is -1.71. The van der Waals surface area contributed by atoms with Gasteiger partial charge < -0.3 is 15.8 Å². The molecule has 0 radical (unpaired) electrons. The van der Waals surface area contributed by atoms with Crippen LogP contribution in [-0.4, -0.2) is 18.6 Å². The van der Waals surface area contributed by atoms with Crippen molar-refractivity contribution in [1.29, 1.82) is 0 Å². The number of ether oxygens (including phenoxy) is 1. The van der Waals surface area contributed by atoms with Gasteiger partial charge in [-0.2, -0.15) is 0 Å². The lowest BCUT2D eigenvalue weighted by molar-refractivity contribution is 0.0956. The Kier molecular flexibility index (Phi) is 7.65. The van der Waals surface area contributed by atoms with Crippen molar-refractivity contribution in [3.05, 3.63) is 23.8 Å². The summed E-state index contributed by atoms with van der Waals surface area (Å²) in [5.74, 6) is 0.550. The average molecular weight is 292 g/mol. The Bertz CT molecular complexity index is 446. The highest BCUT2D eigenvalue weighted by atomic mass is 16.5. The van der Waals surface area contributed by atoms with Crippen molar-refractivity contribution in [2.45, 2.75) is 59.0 Å². The van der Waals surface area contributed by atoms with E-state index in [-0.39, 0.29) is 12.0 Å². The molecule has 4 heteroatoms. The van der Waals surface area contributed by atoms with E-state index < -0.39 is 0 Å². The number of carbonyl (C=O) groups is 1. The monoisotopic (exact) mass is 292 g/mol. The number of rotatable bonds is 9. The number of nitrogens with two attached hydrogens (primary N) is 1. The predicted octanol–water partition coefficient (Wildman–Crippen LogP) is 3.76. The summed E-state index contributed by atoms with van der Waals surface area (Å²) in [6, 6.07) is 5.20. The Balaban J connectivity index is 2.54. The van der Waals surface area contributed by atoms with Gasteiger partial charge in [0.05, 0.1) is 11.8 Å². The molecule has 0 heterocycles. The molecule has 0 saturated heterocycles. The van der Waals surface area contributed by atoms with Gasteiger partial charge in [-0.05, 0) is 44.9 Å². The van der Waals surface area contributed by atoms with Crippen LogP contribution in [0.3, 0.4) is 0 Å². The van der Waals surface area contributed by atoms with Crippen LogP contribution in [0.15, 0.2) is 18.2 Å². The van der Waals surface area contributed by atoms with Crippen LogP contribution < -0.4 is 15.8 Å². The van der Waals surface area contributed by atoms with E-state index in [0.717, 1.165) is 6.42 Å². The third-order valence-corrected chi connectivity index (χ3v) is 3.40. The molecule has 0 saturated carbocycles. The SMILES string of the molecule is CCCCCCC(C)Oc1ccc(C(=O)NCC)cc1N. The van der Waals surface area contributed by atoms with Crippen LogP contribution in [0.5, 0.6) is 5.75 Å². The summed E-state index contributed by atoms with van der Waals surface area (Å²) in [4.78, 5) is 11.7. The molecule has 0 aliphatic heterocycles. The number of benzene rings is 1. The van der Waals surface area contributed by atoms with E-state index in [4.69, 9.17) is 10.5 Å². The molecule has 1 aromatic carbocycles. The van der Waals surface area contributed by atoms with Gasteiger partial charge in [0.1, 0.15) is 5.75 Å². The molecule has 21 heavy (non-hydrogen) atoms. The van der Waals surface area contributed by atoms with Crippen molar-refractivity contribution in [2.24, 2.45) is 0 Å². The number of hydrogen-bond acceptors (Lipinski definition) is 3. The lowest BCUT2D eigenvalue weighted by Gasteiger charge is -2.16. The first-order valence-corrected chi connectivity index (χ1v) is 7.92. The molecule has 0 aliphatic carbocycles. The third-order valence-electron chi connectivity index (χ3n) is 3.40. The normalized spacial score (nSPS) is 12.0. The molecular formula is C17H28N2O2. The molecular weight excluding hydrogens is 264 g/mol. The van der Waals surface area contributed by atoms with Crippen molar-refractivity contribution in [3.8, 4) is 5.75 Å². The van der Waals surface area contributed by atoms with Gasteiger partial charge in [0.15, 0.2) is 0 Å². The number of hydrogen-bond donors (Lipinski definition) is 2. The summed E-state index contributed by atoms with van der Waals surface area (Å²) in [5, 5.41) is 2.75. The van der Waals surface area contributed by atoms with Crippen LogP contribution in [0.2, 0.25) is 0 Å². The average Bonchev–Trinajstić information content (AvgIpc) is 2.46. The van der Waals surface area contributed by atoms with Gasteiger partial charge >= 0.3 is 0 Å². The lowest BCUT2D eigenvalue weighted by Crippen LogP contribution is -2.22. The molecule has 1 amide bonds. The molecule has 1 aromatic rings. The van der Waals surface area contributed by atoms with Crippen LogP contribution >= 0.6 is 0 Å². The van der Waals surface area contributed by atoms with Gasteiger partial charge in [-0.3, -0.25) is 4.79 Å². The second kappa shape index (κ2) is 9.27. The van der Waals surface area contributed by atoms with E-state index in [2.05, 4.69) is 19.2 Å². The van der Waals surface area contributed by atoms with Gasteiger partial charge in [0.2, 0.25) is 0 Å². The first kappa shape index (κ1) is 17.3. The van der Waals surface area contributed by atoms with Crippen LogP contribution in [0.1, 0.15) is 63.2 Å². The van der Waals surface area contributed by atoms with E-state index >= 15 is 0 Å². The molecule has 0 bridgehead atoms. The standard InChI is InChI=1S/C17H28N2O2/c1-4-6-7-8-9-13(3)21-16-11-10-14(12-15(16)18)17(20)19-5-2/h10-13H,4-9,18H2,1-3H3,(H,19,20). The minimum absolute atomic E-state index is 0.108. The third kappa shape index (κ3) is 6.06. The molecule has 1 atom stereocenters. The van der Waals surface area contributed by atoms with Gasteiger partial charge in [-0.1, -0.05) is 26.2 Å². The summed E-state index contributed by atoms with van der Waals surface area (Å²) in [7, 11) is 0. The molecule has 0 fully saturated rings. The van der Waals surface area contributed by atoms with E-state index in [9.17, 15) is 4.79 Å². The van der Waals surface area contributed by atoms with Crippen LogP contribution in [0, 0.1) is 0 Å².